The zero-order valence-electron chi connectivity index (χ0n) is 7.52. The molecule has 1 amide bonds. The van der Waals surface area contributed by atoms with Gasteiger partial charge in [0.15, 0.2) is 0 Å². The van der Waals surface area contributed by atoms with Crippen LogP contribution in [0.4, 0.5) is 0 Å². The summed E-state index contributed by atoms with van der Waals surface area (Å²) in [6.45, 7) is 0. The molecule has 76 valence electrons. The summed E-state index contributed by atoms with van der Waals surface area (Å²) in [6.07, 6.45) is 0. The minimum atomic E-state index is -0.564. The monoisotopic (exact) mass is 215 g/mol. The van der Waals surface area contributed by atoms with E-state index in [2.05, 4.69) is 4.74 Å². The lowest BCUT2D eigenvalue weighted by atomic mass is 10.1. The third-order valence-electron chi connectivity index (χ3n) is 1.57. The number of halogens is 1. The van der Waals surface area contributed by atoms with Crippen LogP contribution in [-0.2, 0) is 4.74 Å². The van der Waals surface area contributed by atoms with Gasteiger partial charge < -0.3 is 10.5 Å². The van der Waals surface area contributed by atoms with Gasteiger partial charge in [0.25, 0.3) is 0 Å². The third kappa shape index (κ3) is 2.74. The van der Waals surface area contributed by atoms with Crippen molar-refractivity contribution in [3.63, 3.8) is 0 Å². The zero-order chi connectivity index (χ0) is 9.84. The molecule has 0 unspecified atom stereocenters. The van der Waals surface area contributed by atoms with E-state index in [9.17, 15) is 9.59 Å². The van der Waals surface area contributed by atoms with E-state index in [-0.39, 0.29) is 12.4 Å². The number of primary amides is 1. The summed E-state index contributed by atoms with van der Waals surface area (Å²) in [4.78, 5) is 21.7. The molecule has 14 heavy (non-hydrogen) atoms. The first-order valence-electron chi connectivity index (χ1n) is 3.63. The van der Waals surface area contributed by atoms with Gasteiger partial charge in [-0.05, 0) is 18.2 Å². The van der Waals surface area contributed by atoms with Gasteiger partial charge in [0.1, 0.15) is 0 Å². The largest absolute Gasteiger partial charge is 0.465 e. The van der Waals surface area contributed by atoms with Crippen molar-refractivity contribution >= 4 is 24.3 Å². The number of benzene rings is 1. The first kappa shape index (κ1) is 12.4. The quantitative estimate of drug-likeness (QED) is 0.748. The van der Waals surface area contributed by atoms with Crippen molar-refractivity contribution in [2.45, 2.75) is 0 Å². The molecule has 0 aromatic heterocycles. The predicted molar refractivity (Wildman–Crippen MR) is 53.5 cm³/mol. The van der Waals surface area contributed by atoms with Crippen molar-refractivity contribution in [2.24, 2.45) is 5.73 Å². The van der Waals surface area contributed by atoms with Crippen molar-refractivity contribution < 1.29 is 14.3 Å². The van der Waals surface area contributed by atoms with E-state index in [1.807, 2.05) is 0 Å². The average Bonchev–Trinajstić information content (AvgIpc) is 2.17. The molecule has 0 aliphatic heterocycles. The van der Waals surface area contributed by atoms with Crippen molar-refractivity contribution in [1.29, 1.82) is 0 Å². The highest BCUT2D eigenvalue weighted by atomic mass is 35.5. The summed E-state index contributed by atoms with van der Waals surface area (Å²) in [5.74, 6) is -1.05. The fourth-order valence-electron chi connectivity index (χ4n) is 0.917. The van der Waals surface area contributed by atoms with Crippen molar-refractivity contribution in [1.82, 2.24) is 0 Å². The standard InChI is InChI=1S/C9H9NO3.ClH/c1-13-9(12)7-4-2-3-6(5-7)8(10)11;/h2-5H,1H3,(H2,10,11);1H. The molecular weight excluding hydrogens is 206 g/mol. The Hall–Kier alpha value is -1.55. The number of methoxy groups -OCH3 is 1. The summed E-state index contributed by atoms with van der Waals surface area (Å²) in [7, 11) is 1.28. The van der Waals surface area contributed by atoms with Gasteiger partial charge in [0.2, 0.25) is 5.91 Å². The Morgan fingerprint density at radius 1 is 1.29 bits per heavy atom. The summed E-state index contributed by atoms with van der Waals surface area (Å²) < 4.78 is 4.48. The van der Waals surface area contributed by atoms with Gasteiger partial charge in [-0.1, -0.05) is 6.07 Å². The molecule has 0 aliphatic carbocycles. The van der Waals surface area contributed by atoms with Crippen LogP contribution in [0.1, 0.15) is 20.7 Å². The van der Waals surface area contributed by atoms with Crippen LogP contribution in [0.2, 0.25) is 0 Å². The van der Waals surface area contributed by atoms with Gasteiger partial charge in [0.05, 0.1) is 12.7 Å². The van der Waals surface area contributed by atoms with Crippen LogP contribution in [0.15, 0.2) is 24.3 Å². The van der Waals surface area contributed by atoms with Gasteiger partial charge in [-0.25, -0.2) is 4.79 Å². The highest BCUT2D eigenvalue weighted by Crippen LogP contribution is 2.05. The van der Waals surface area contributed by atoms with E-state index in [1.165, 1.54) is 19.2 Å². The summed E-state index contributed by atoms with van der Waals surface area (Å²) in [5, 5.41) is 0. The number of hydrogen-bond donors (Lipinski definition) is 1. The topological polar surface area (TPSA) is 69.4 Å². The Balaban J connectivity index is 0.00000169. The lowest BCUT2D eigenvalue weighted by molar-refractivity contribution is 0.0600. The number of ether oxygens (including phenoxy) is 1. The lowest BCUT2D eigenvalue weighted by Gasteiger charge is -1.99. The number of rotatable bonds is 2. The molecule has 0 saturated carbocycles. The van der Waals surface area contributed by atoms with Crippen molar-refractivity contribution in [2.75, 3.05) is 7.11 Å². The van der Waals surface area contributed by atoms with E-state index < -0.39 is 11.9 Å². The molecule has 1 rings (SSSR count). The Morgan fingerprint density at radius 2 is 1.86 bits per heavy atom. The smallest absolute Gasteiger partial charge is 0.337 e. The zero-order valence-corrected chi connectivity index (χ0v) is 8.34. The first-order valence-corrected chi connectivity index (χ1v) is 3.63. The summed E-state index contributed by atoms with van der Waals surface area (Å²) in [6, 6.07) is 6.06. The molecule has 1 aromatic rings. The molecule has 0 fully saturated rings. The molecule has 5 heteroatoms. The number of carbonyl (C=O) groups excluding carboxylic acids is 2. The van der Waals surface area contributed by atoms with Crippen LogP contribution >= 0.6 is 12.4 Å². The number of esters is 1. The molecule has 0 radical (unpaired) electrons. The van der Waals surface area contributed by atoms with Crippen LogP contribution in [-0.4, -0.2) is 19.0 Å². The highest BCUT2D eigenvalue weighted by Gasteiger charge is 2.07. The normalized spacial score (nSPS) is 8.64. The Bertz CT molecular complexity index is 352. The van der Waals surface area contributed by atoms with Crippen LogP contribution in [0.25, 0.3) is 0 Å². The molecule has 0 bridgehead atoms. The molecular formula is C9H10ClNO3. The number of nitrogens with two attached hydrogens (primary N) is 1. The molecule has 4 nitrogen and oxygen atoms in total. The van der Waals surface area contributed by atoms with Crippen LogP contribution in [0.3, 0.4) is 0 Å². The van der Waals surface area contributed by atoms with Crippen molar-refractivity contribution in [3.8, 4) is 0 Å². The summed E-state index contributed by atoms with van der Waals surface area (Å²) in [5.41, 5.74) is 5.65. The molecule has 0 saturated heterocycles. The number of carbonyl (C=O) groups is 2. The first-order chi connectivity index (χ1) is 6.15. The van der Waals surface area contributed by atoms with Crippen LogP contribution in [0.5, 0.6) is 0 Å². The van der Waals surface area contributed by atoms with Gasteiger partial charge in [-0.15, -0.1) is 12.4 Å². The number of hydrogen-bond acceptors (Lipinski definition) is 3. The minimum Gasteiger partial charge on any atom is -0.465 e. The van der Waals surface area contributed by atoms with E-state index >= 15 is 0 Å². The van der Waals surface area contributed by atoms with E-state index in [0.29, 0.717) is 11.1 Å². The highest BCUT2D eigenvalue weighted by molar-refractivity contribution is 5.96. The number of amides is 1. The molecule has 0 heterocycles. The second-order valence-corrected chi connectivity index (χ2v) is 2.44. The van der Waals surface area contributed by atoms with Crippen LogP contribution in [0, 0.1) is 0 Å². The average molecular weight is 216 g/mol. The van der Waals surface area contributed by atoms with E-state index in [1.54, 1.807) is 12.1 Å². The molecule has 0 atom stereocenters. The lowest BCUT2D eigenvalue weighted by Crippen LogP contribution is -2.12. The Labute approximate surface area is 87.5 Å². The van der Waals surface area contributed by atoms with Crippen molar-refractivity contribution in [3.05, 3.63) is 35.4 Å². The van der Waals surface area contributed by atoms with E-state index in [0.717, 1.165) is 0 Å². The third-order valence-corrected chi connectivity index (χ3v) is 1.57. The van der Waals surface area contributed by atoms with E-state index in [4.69, 9.17) is 5.73 Å². The minimum absolute atomic E-state index is 0. The van der Waals surface area contributed by atoms with Gasteiger partial charge in [-0.3, -0.25) is 4.79 Å². The maximum absolute atomic E-state index is 11.0. The fourth-order valence-corrected chi connectivity index (χ4v) is 0.917. The van der Waals surface area contributed by atoms with Gasteiger partial charge in [-0.2, -0.15) is 0 Å². The maximum atomic E-state index is 11.0. The molecule has 0 spiro atoms. The Morgan fingerprint density at radius 3 is 2.36 bits per heavy atom. The van der Waals surface area contributed by atoms with Gasteiger partial charge in [0, 0.05) is 5.56 Å². The maximum Gasteiger partial charge on any atom is 0.337 e. The molecule has 1 aromatic carbocycles. The second-order valence-electron chi connectivity index (χ2n) is 2.44. The Kier molecular flexibility index (Phi) is 4.66. The van der Waals surface area contributed by atoms with Gasteiger partial charge >= 0.3 is 5.97 Å². The molecule has 2 N–H and O–H groups in total. The molecule has 0 aliphatic rings. The predicted octanol–water partition coefficient (Wildman–Crippen LogP) is 0.994. The SMILES string of the molecule is COC(=O)c1cccc(C(N)=O)c1.Cl. The summed E-state index contributed by atoms with van der Waals surface area (Å²) >= 11 is 0. The fraction of sp³-hybridized carbons (Fsp3) is 0.111. The second kappa shape index (κ2) is 5.24. The van der Waals surface area contributed by atoms with Crippen LogP contribution < -0.4 is 5.73 Å².